The number of rotatable bonds is 4. The second-order valence-electron chi connectivity index (χ2n) is 5.38. The molecule has 0 atom stereocenters. The summed E-state index contributed by atoms with van der Waals surface area (Å²) in [6.45, 7) is 11.3. The number of hydrogen-bond acceptors (Lipinski definition) is 4. The molecule has 1 aliphatic heterocycles. The molecule has 1 aliphatic rings. The molecule has 100 valence electrons. The number of nitrogens with zero attached hydrogens (tertiary/aromatic N) is 2. The Morgan fingerprint density at radius 2 is 1.94 bits per heavy atom. The van der Waals surface area contributed by atoms with Crippen molar-refractivity contribution in [1.82, 2.24) is 4.90 Å². The summed E-state index contributed by atoms with van der Waals surface area (Å²) in [5, 5.41) is 0. The topological polar surface area (TPSA) is 36.7 Å². The van der Waals surface area contributed by atoms with Gasteiger partial charge in [0.25, 0.3) is 0 Å². The minimum Gasteiger partial charge on any atom is -0.437 e. The third kappa shape index (κ3) is 3.13. The zero-order valence-electron chi connectivity index (χ0n) is 11.5. The van der Waals surface area contributed by atoms with E-state index >= 15 is 0 Å². The van der Waals surface area contributed by atoms with Gasteiger partial charge < -0.3 is 9.32 Å². The van der Waals surface area contributed by atoms with Crippen LogP contribution in [0.15, 0.2) is 16.5 Å². The number of carbonyl (C=O) groups is 1. The lowest BCUT2D eigenvalue weighted by molar-refractivity contribution is 0.0987. The van der Waals surface area contributed by atoms with Crippen LogP contribution in [0, 0.1) is 5.92 Å². The van der Waals surface area contributed by atoms with Crippen molar-refractivity contribution in [2.24, 2.45) is 5.92 Å². The number of carbonyl (C=O) groups excluding carboxylic acids is 1. The van der Waals surface area contributed by atoms with Crippen LogP contribution in [-0.4, -0.2) is 43.4 Å². The fourth-order valence-corrected chi connectivity index (χ4v) is 2.35. The second kappa shape index (κ2) is 5.57. The molecule has 1 fully saturated rings. The maximum absolute atomic E-state index is 11.2. The van der Waals surface area contributed by atoms with E-state index < -0.39 is 0 Å². The number of anilines is 1. The molecular formula is C14H22N2O2. The van der Waals surface area contributed by atoms with Gasteiger partial charge in [0, 0.05) is 45.7 Å². The molecule has 2 rings (SSSR count). The Morgan fingerprint density at radius 1 is 1.28 bits per heavy atom. The summed E-state index contributed by atoms with van der Waals surface area (Å²) in [6.07, 6.45) is 0. The van der Waals surface area contributed by atoms with E-state index in [4.69, 9.17) is 4.42 Å². The zero-order valence-corrected chi connectivity index (χ0v) is 11.5. The molecule has 0 saturated carbocycles. The highest BCUT2D eigenvalue weighted by atomic mass is 16.4. The Balaban J connectivity index is 1.90. The Hall–Kier alpha value is -1.29. The normalized spacial score (nSPS) is 17.4. The van der Waals surface area contributed by atoms with Gasteiger partial charge in [-0.25, -0.2) is 0 Å². The monoisotopic (exact) mass is 250 g/mol. The van der Waals surface area contributed by atoms with E-state index in [0.717, 1.165) is 38.6 Å². The van der Waals surface area contributed by atoms with Crippen molar-refractivity contribution in [1.29, 1.82) is 0 Å². The smallest absolute Gasteiger partial charge is 0.196 e. The lowest BCUT2D eigenvalue weighted by atomic mass is 10.2. The Labute approximate surface area is 109 Å². The SMILES string of the molecule is CC(=O)c1ccc(N2CCN(CC(C)C)CC2)o1. The average Bonchev–Trinajstić information content (AvgIpc) is 2.78. The van der Waals surface area contributed by atoms with E-state index in [9.17, 15) is 4.79 Å². The van der Waals surface area contributed by atoms with Crippen LogP contribution in [0.3, 0.4) is 0 Å². The molecule has 1 aromatic rings. The first-order valence-electron chi connectivity index (χ1n) is 6.64. The number of Topliss-reactive ketones (excluding diaryl/α,β-unsaturated/α-hetero) is 1. The third-order valence-electron chi connectivity index (χ3n) is 3.25. The predicted molar refractivity (Wildman–Crippen MR) is 72.2 cm³/mol. The van der Waals surface area contributed by atoms with Gasteiger partial charge in [0.1, 0.15) is 0 Å². The van der Waals surface area contributed by atoms with Crippen molar-refractivity contribution in [3.8, 4) is 0 Å². The maximum Gasteiger partial charge on any atom is 0.196 e. The molecule has 0 spiro atoms. The Kier molecular flexibility index (Phi) is 4.07. The summed E-state index contributed by atoms with van der Waals surface area (Å²) in [4.78, 5) is 15.9. The van der Waals surface area contributed by atoms with Gasteiger partial charge in [0.2, 0.25) is 0 Å². The first-order valence-corrected chi connectivity index (χ1v) is 6.64. The summed E-state index contributed by atoms with van der Waals surface area (Å²) < 4.78 is 5.56. The molecule has 1 aromatic heterocycles. The van der Waals surface area contributed by atoms with Crippen molar-refractivity contribution < 1.29 is 9.21 Å². The molecule has 0 N–H and O–H groups in total. The number of furan rings is 1. The highest BCUT2D eigenvalue weighted by molar-refractivity contribution is 5.91. The van der Waals surface area contributed by atoms with Crippen molar-refractivity contribution in [3.63, 3.8) is 0 Å². The fourth-order valence-electron chi connectivity index (χ4n) is 2.35. The summed E-state index contributed by atoms with van der Waals surface area (Å²) in [6, 6.07) is 3.66. The summed E-state index contributed by atoms with van der Waals surface area (Å²) >= 11 is 0. The maximum atomic E-state index is 11.2. The highest BCUT2D eigenvalue weighted by Gasteiger charge is 2.20. The molecule has 0 amide bonds. The second-order valence-corrected chi connectivity index (χ2v) is 5.38. The molecule has 0 bridgehead atoms. The summed E-state index contributed by atoms with van der Waals surface area (Å²) in [5.74, 6) is 1.98. The van der Waals surface area contributed by atoms with Gasteiger partial charge in [-0.3, -0.25) is 9.69 Å². The van der Waals surface area contributed by atoms with E-state index in [0.29, 0.717) is 11.7 Å². The number of piperazine rings is 1. The van der Waals surface area contributed by atoms with Crippen molar-refractivity contribution >= 4 is 11.7 Å². The Morgan fingerprint density at radius 3 is 2.44 bits per heavy atom. The molecule has 18 heavy (non-hydrogen) atoms. The van der Waals surface area contributed by atoms with E-state index in [1.807, 2.05) is 6.07 Å². The van der Waals surface area contributed by atoms with Gasteiger partial charge in [-0.2, -0.15) is 0 Å². The molecule has 0 radical (unpaired) electrons. The third-order valence-corrected chi connectivity index (χ3v) is 3.25. The van der Waals surface area contributed by atoms with Crippen molar-refractivity contribution in [2.45, 2.75) is 20.8 Å². The van der Waals surface area contributed by atoms with Gasteiger partial charge >= 0.3 is 0 Å². The molecule has 4 nitrogen and oxygen atoms in total. The van der Waals surface area contributed by atoms with E-state index in [1.54, 1.807) is 6.07 Å². The first kappa shape index (κ1) is 13.1. The first-order chi connectivity index (χ1) is 8.56. The van der Waals surface area contributed by atoms with Crippen LogP contribution in [-0.2, 0) is 0 Å². The van der Waals surface area contributed by atoms with Gasteiger partial charge in [0.15, 0.2) is 17.4 Å². The van der Waals surface area contributed by atoms with Crippen LogP contribution in [0.25, 0.3) is 0 Å². The molecule has 1 saturated heterocycles. The van der Waals surface area contributed by atoms with E-state index in [2.05, 4.69) is 23.6 Å². The molecular weight excluding hydrogens is 228 g/mol. The largest absolute Gasteiger partial charge is 0.437 e. The molecule has 0 aliphatic carbocycles. The quantitative estimate of drug-likeness (QED) is 0.768. The standard InChI is InChI=1S/C14H22N2O2/c1-11(2)10-15-6-8-16(9-7-15)14-5-4-13(18-14)12(3)17/h4-5,11H,6-10H2,1-3H3. The van der Waals surface area contributed by atoms with Gasteiger partial charge in [-0.05, 0) is 12.0 Å². The lowest BCUT2D eigenvalue weighted by Crippen LogP contribution is -2.47. The van der Waals surface area contributed by atoms with Gasteiger partial charge in [-0.1, -0.05) is 13.8 Å². The minimum absolute atomic E-state index is 0.0142. The molecule has 0 aromatic carbocycles. The van der Waals surface area contributed by atoms with Crippen LogP contribution < -0.4 is 4.90 Å². The van der Waals surface area contributed by atoms with Gasteiger partial charge in [-0.15, -0.1) is 0 Å². The van der Waals surface area contributed by atoms with Crippen LogP contribution in [0.5, 0.6) is 0 Å². The van der Waals surface area contributed by atoms with Gasteiger partial charge in [0.05, 0.1) is 0 Å². The van der Waals surface area contributed by atoms with Crippen LogP contribution in [0.2, 0.25) is 0 Å². The predicted octanol–water partition coefficient (Wildman–Crippen LogP) is 2.26. The van der Waals surface area contributed by atoms with Crippen molar-refractivity contribution in [3.05, 3.63) is 17.9 Å². The lowest BCUT2D eigenvalue weighted by Gasteiger charge is -2.35. The molecule has 4 heteroatoms. The molecule has 2 heterocycles. The minimum atomic E-state index is -0.0142. The van der Waals surface area contributed by atoms with E-state index in [1.165, 1.54) is 6.92 Å². The van der Waals surface area contributed by atoms with E-state index in [-0.39, 0.29) is 5.78 Å². The zero-order chi connectivity index (χ0) is 13.1. The van der Waals surface area contributed by atoms with Crippen LogP contribution in [0.4, 0.5) is 5.88 Å². The highest BCUT2D eigenvalue weighted by Crippen LogP contribution is 2.20. The average molecular weight is 250 g/mol. The van der Waals surface area contributed by atoms with Crippen LogP contribution in [0.1, 0.15) is 31.3 Å². The molecule has 0 unspecified atom stereocenters. The summed E-state index contributed by atoms with van der Waals surface area (Å²) in [7, 11) is 0. The van der Waals surface area contributed by atoms with Crippen molar-refractivity contribution in [2.75, 3.05) is 37.6 Å². The number of ketones is 1. The van der Waals surface area contributed by atoms with Crippen LogP contribution >= 0.6 is 0 Å². The number of hydrogen-bond donors (Lipinski definition) is 0. The Bertz CT molecular complexity index is 404. The summed E-state index contributed by atoms with van der Waals surface area (Å²) in [5.41, 5.74) is 0. The fraction of sp³-hybridized carbons (Fsp3) is 0.643.